The van der Waals surface area contributed by atoms with Crippen LogP contribution in [0.2, 0.25) is 0 Å². The molecule has 3 aromatic rings. The maximum atomic E-state index is 9.01. The number of hydrogen-bond donors (Lipinski definition) is 1. The lowest BCUT2D eigenvalue weighted by atomic mass is 10.0. The minimum atomic E-state index is 0.358. The van der Waals surface area contributed by atoms with Crippen molar-refractivity contribution in [1.82, 2.24) is 9.66 Å². The van der Waals surface area contributed by atoms with Crippen molar-refractivity contribution >= 4 is 12.2 Å². The van der Waals surface area contributed by atoms with Crippen molar-refractivity contribution in [3.63, 3.8) is 0 Å². The third-order valence-electron chi connectivity index (χ3n) is 3.38. The molecular weight excluding hydrogens is 286 g/mol. The van der Waals surface area contributed by atoms with Gasteiger partial charge in [0.15, 0.2) is 0 Å². The van der Waals surface area contributed by atoms with Crippen LogP contribution in [0.1, 0.15) is 16.8 Å². The molecule has 0 radical (unpaired) electrons. The predicted octanol–water partition coefficient (Wildman–Crippen LogP) is 3.19. The first-order chi connectivity index (χ1) is 11.2. The summed E-state index contributed by atoms with van der Waals surface area (Å²) in [5, 5.41) is 13.3. The normalized spacial score (nSPS) is 10.8. The fourth-order valence-corrected chi connectivity index (χ4v) is 2.29. The van der Waals surface area contributed by atoms with E-state index in [1.54, 1.807) is 18.5 Å². The molecule has 3 rings (SSSR count). The van der Waals surface area contributed by atoms with Crippen LogP contribution in [0.15, 0.2) is 59.8 Å². The highest BCUT2D eigenvalue weighted by atomic mass is 15.4. The van der Waals surface area contributed by atoms with Crippen LogP contribution >= 0.6 is 0 Å². The predicted molar refractivity (Wildman–Crippen MR) is 91.0 cm³/mol. The zero-order valence-electron chi connectivity index (χ0n) is 12.6. The lowest BCUT2D eigenvalue weighted by Gasteiger charge is -2.03. The number of nitrogens with zero attached hydrogens (tertiary/aromatic N) is 4. The van der Waals surface area contributed by atoms with E-state index in [4.69, 9.17) is 11.0 Å². The highest BCUT2D eigenvalue weighted by molar-refractivity contribution is 5.82. The number of anilines is 1. The van der Waals surface area contributed by atoms with Crippen LogP contribution in [-0.4, -0.2) is 15.9 Å². The zero-order chi connectivity index (χ0) is 16.2. The van der Waals surface area contributed by atoms with Gasteiger partial charge < -0.3 is 5.73 Å². The summed E-state index contributed by atoms with van der Waals surface area (Å²) in [6, 6.07) is 17.6. The van der Waals surface area contributed by atoms with Crippen LogP contribution in [0.5, 0.6) is 0 Å². The molecule has 0 unspecified atom stereocenters. The fraction of sp³-hybridized carbons (Fsp3) is 0.0556. The van der Waals surface area contributed by atoms with Crippen molar-refractivity contribution in [2.45, 2.75) is 6.92 Å². The molecule has 2 aromatic carbocycles. The van der Waals surface area contributed by atoms with Crippen LogP contribution in [0.25, 0.3) is 11.1 Å². The third-order valence-corrected chi connectivity index (χ3v) is 3.38. The first-order valence-corrected chi connectivity index (χ1v) is 7.12. The minimum absolute atomic E-state index is 0.358. The topological polar surface area (TPSA) is 80.0 Å². The molecule has 0 spiro atoms. The van der Waals surface area contributed by atoms with Crippen LogP contribution in [-0.2, 0) is 0 Å². The van der Waals surface area contributed by atoms with Crippen molar-refractivity contribution in [3.8, 4) is 17.2 Å². The maximum Gasteiger partial charge on any atom is 0.221 e. The molecule has 1 aromatic heterocycles. The fourth-order valence-electron chi connectivity index (χ4n) is 2.29. The van der Waals surface area contributed by atoms with E-state index in [1.165, 1.54) is 4.68 Å². The Kier molecular flexibility index (Phi) is 3.89. The number of imidazole rings is 1. The number of nitrogens with two attached hydrogens (primary N) is 1. The van der Waals surface area contributed by atoms with E-state index in [-0.39, 0.29) is 0 Å². The monoisotopic (exact) mass is 301 g/mol. The van der Waals surface area contributed by atoms with Gasteiger partial charge in [-0.25, -0.2) is 9.66 Å². The number of aryl methyl sites for hydroxylation is 1. The van der Waals surface area contributed by atoms with E-state index >= 15 is 0 Å². The molecule has 0 saturated heterocycles. The number of benzene rings is 2. The van der Waals surface area contributed by atoms with Crippen molar-refractivity contribution < 1.29 is 0 Å². The van der Waals surface area contributed by atoms with E-state index in [1.807, 2.05) is 49.4 Å². The maximum absolute atomic E-state index is 9.01. The van der Waals surface area contributed by atoms with Crippen molar-refractivity contribution in [3.05, 3.63) is 71.5 Å². The molecule has 23 heavy (non-hydrogen) atoms. The lowest BCUT2D eigenvalue weighted by molar-refractivity contribution is 0.897. The molecule has 0 fully saturated rings. The van der Waals surface area contributed by atoms with Gasteiger partial charge in [-0.3, -0.25) is 0 Å². The van der Waals surface area contributed by atoms with Crippen LogP contribution in [0.4, 0.5) is 5.95 Å². The number of aromatic nitrogens is 2. The second-order valence-electron chi connectivity index (χ2n) is 5.15. The number of nitrogen functional groups attached to an aromatic ring is 1. The van der Waals surface area contributed by atoms with Gasteiger partial charge in [-0.1, -0.05) is 30.3 Å². The summed E-state index contributed by atoms with van der Waals surface area (Å²) in [5.41, 5.74) is 10.2. The summed E-state index contributed by atoms with van der Waals surface area (Å²) < 4.78 is 1.54. The van der Waals surface area contributed by atoms with Gasteiger partial charge in [0.25, 0.3) is 0 Å². The van der Waals surface area contributed by atoms with E-state index in [2.05, 4.69) is 16.2 Å². The summed E-state index contributed by atoms with van der Waals surface area (Å²) >= 11 is 0. The summed E-state index contributed by atoms with van der Waals surface area (Å²) in [7, 11) is 0. The van der Waals surface area contributed by atoms with Crippen LogP contribution in [0.3, 0.4) is 0 Å². The Bertz CT molecular complexity index is 915. The Morgan fingerprint density at radius 1 is 1.17 bits per heavy atom. The molecule has 112 valence electrons. The smallest absolute Gasteiger partial charge is 0.221 e. The van der Waals surface area contributed by atoms with E-state index < -0.39 is 0 Å². The Balaban J connectivity index is 1.91. The van der Waals surface area contributed by atoms with Crippen molar-refractivity contribution in [2.75, 3.05) is 5.73 Å². The minimum Gasteiger partial charge on any atom is -0.368 e. The van der Waals surface area contributed by atoms with E-state index in [0.717, 1.165) is 22.4 Å². The van der Waals surface area contributed by atoms with Crippen LogP contribution < -0.4 is 5.73 Å². The second kappa shape index (κ2) is 6.16. The molecule has 0 saturated carbocycles. The first-order valence-electron chi connectivity index (χ1n) is 7.12. The Morgan fingerprint density at radius 3 is 2.61 bits per heavy atom. The van der Waals surface area contributed by atoms with Gasteiger partial charge in [-0.15, -0.1) is 0 Å². The molecule has 0 amide bonds. The molecular formula is C18H15N5. The lowest BCUT2D eigenvalue weighted by Crippen LogP contribution is -1.97. The SMILES string of the molecule is Cc1cn(N=Cc2cccc(-c3cccc(C#N)c3)c2)c(N)n1. The summed E-state index contributed by atoms with van der Waals surface area (Å²) in [6.07, 6.45) is 3.50. The Hall–Kier alpha value is -3.39. The molecule has 1 heterocycles. The van der Waals surface area contributed by atoms with Gasteiger partial charge in [0.1, 0.15) is 0 Å². The van der Waals surface area contributed by atoms with Gasteiger partial charge in [-0.2, -0.15) is 10.4 Å². The second-order valence-corrected chi connectivity index (χ2v) is 5.15. The highest BCUT2D eigenvalue weighted by Crippen LogP contribution is 2.21. The van der Waals surface area contributed by atoms with Crippen LogP contribution in [0, 0.1) is 18.3 Å². The largest absolute Gasteiger partial charge is 0.368 e. The van der Waals surface area contributed by atoms with E-state index in [0.29, 0.717) is 11.5 Å². The summed E-state index contributed by atoms with van der Waals surface area (Å²) in [6.45, 7) is 1.87. The number of rotatable bonds is 3. The molecule has 5 heteroatoms. The van der Waals surface area contributed by atoms with Gasteiger partial charge in [0.2, 0.25) is 5.95 Å². The molecule has 0 aliphatic heterocycles. The quantitative estimate of drug-likeness (QED) is 0.754. The Labute approximate surface area is 134 Å². The number of nitriles is 1. The molecule has 5 nitrogen and oxygen atoms in total. The molecule has 0 bridgehead atoms. The third kappa shape index (κ3) is 3.27. The highest BCUT2D eigenvalue weighted by Gasteiger charge is 2.01. The Morgan fingerprint density at radius 2 is 1.91 bits per heavy atom. The van der Waals surface area contributed by atoms with Gasteiger partial charge in [-0.05, 0) is 41.8 Å². The average Bonchev–Trinajstić information content (AvgIpc) is 2.91. The molecule has 0 aliphatic rings. The van der Waals surface area contributed by atoms with E-state index in [9.17, 15) is 0 Å². The first kappa shape index (κ1) is 14.5. The van der Waals surface area contributed by atoms with Gasteiger partial charge in [0, 0.05) is 0 Å². The molecule has 0 atom stereocenters. The van der Waals surface area contributed by atoms with Gasteiger partial charge >= 0.3 is 0 Å². The molecule has 0 aliphatic carbocycles. The molecule has 2 N–H and O–H groups in total. The summed E-state index contributed by atoms with van der Waals surface area (Å²) in [4.78, 5) is 4.10. The average molecular weight is 301 g/mol. The van der Waals surface area contributed by atoms with Crippen molar-refractivity contribution in [2.24, 2.45) is 5.10 Å². The van der Waals surface area contributed by atoms with Gasteiger partial charge in [0.05, 0.1) is 29.7 Å². The number of hydrogen-bond acceptors (Lipinski definition) is 4. The summed E-state index contributed by atoms with van der Waals surface area (Å²) in [5.74, 6) is 0.358. The zero-order valence-corrected chi connectivity index (χ0v) is 12.6. The standard InChI is InChI=1S/C18H15N5/c1-13-12-23(18(20)22-13)21-11-15-5-3-7-17(9-15)16-6-2-4-14(8-16)10-19/h2-9,11-12H,1H3,(H2,20,22). The van der Waals surface area contributed by atoms with Crippen molar-refractivity contribution in [1.29, 1.82) is 5.26 Å².